The molecular weight excluding hydrogens is 242 g/mol. The second kappa shape index (κ2) is 6.06. The van der Waals surface area contributed by atoms with Crippen LogP contribution in [0.25, 0.3) is 0 Å². The topological polar surface area (TPSA) is 27.3 Å². The van der Waals surface area contributed by atoms with Crippen molar-refractivity contribution < 1.29 is 0 Å². The predicted octanol–water partition coefficient (Wildman–Crippen LogP) is 1.82. The van der Waals surface area contributed by atoms with Gasteiger partial charge in [0.2, 0.25) is 0 Å². The summed E-state index contributed by atoms with van der Waals surface area (Å²) in [5.41, 5.74) is 1.43. The van der Waals surface area contributed by atoms with Gasteiger partial charge in [0.15, 0.2) is 0 Å². The number of rotatable bonds is 3. The van der Waals surface area contributed by atoms with Gasteiger partial charge in [0.05, 0.1) is 12.0 Å². The third kappa shape index (κ3) is 3.06. The molecule has 0 aliphatic carbocycles. The summed E-state index contributed by atoms with van der Waals surface area (Å²) in [5, 5.41) is 7.60. The maximum absolute atomic E-state index is 3.62. The van der Waals surface area contributed by atoms with Crippen LogP contribution in [-0.2, 0) is 6.42 Å². The van der Waals surface area contributed by atoms with Crippen molar-refractivity contribution in [1.82, 2.24) is 14.9 Å². The molecule has 2 aliphatic heterocycles. The lowest BCUT2D eigenvalue weighted by atomic mass is 10.1. The molecule has 2 fully saturated rings. The smallest absolute Gasteiger partial charge is 0.0732 e. The summed E-state index contributed by atoms with van der Waals surface area (Å²) in [5.74, 6) is 0. The number of benzene rings is 1. The molecule has 1 aromatic rings. The lowest BCUT2D eigenvalue weighted by Crippen LogP contribution is -2.39. The van der Waals surface area contributed by atoms with Gasteiger partial charge in [-0.05, 0) is 37.9 Å². The van der Waals surface area contributed by atoms with Crippen LogP contribution < -0.4 is 10.6 Å². The number of hydrogen-bond acceptors (Lipinski definition) is 4. The first kappa shape index (κ1) is 12.5. The molecule has 18 heavy (non-hydrogen) atoms. The Hall–Kier alpha value is -0.550. The van der Waals surface area contributed by atoms with E-state index in [1.807, 2.05) is 11.9 Å². The van der Waals surface area contributed by atoms with Crippen LogP contribution in [0.4, 0.5) is 0 Å². The van der Waals surface area contributed by atoms with Gasteiger partial charge in [0.1, 0.15) is 0 Å². The Morgan fingerprint density at radius 3 is 2.72 bits per heavy atom. The Balaban J connectivity index is 1.52. The van der Waals surface area contributed by atoms with Crippen molar-refractivity contribution in [1.29, 1.82) is 0 Å². The van der Waals surface area contributed by atoms with Gasteiger partial charge < -0.3 is 5.32 Å². The fourth-order valence-electron chi connectivity index (χ4n) is 2.68. The van der Waals surface area contributed by atoms with Crippen LogP contribution in [0.5, 0.6) is 0 Å². The Bertz CT molecular complexity index is 365. The summed E-state index contributed by atoms with van der Waals surface area (Å²) in [4.78, 5) is 0. The molecule has 4 heteroatoms. The molecule has 98 valence electrons. The van der Waals surface area contributed by atoms with Gasteiger partial charge in [-0.25, -0.2) is 4.31 Å². The Labute approximate surface area is 113 Å². The van der Waals surface area contributed by atoms with Crippen LogP contribution in [0.15, 0.2) is 30.3 Å². The molecule has 0 radical (unpaired) electrons. The molecule has 0 amide bonds. The number of nitrogens with one attached hydrogen (secondary N) is 2. The van der Waals surface area contributed by atoms with E-state index in [1.54, 1.807) is 0 Å². The molecule has 2 saturated heterocycles. The van der Waals surface area contributed by atoms with Crippen LogP contribution in [0.2, 0.25) is 0 Å². The van der Waals surface area contributed by atoms with Crippen LogP contribution >= 0.6 is 11.9 Å². The van der Waals surface area contributed by atoms with Crippen molar-refractivity contribution in [3.63, 3.8) is 0 Å². The molecule has 2 heterocycles. The van der Waals surface area contributed by atoms with E-state index in [0.717, 1.165) is 19.1 Å². The van der Waals surface area contributed by atoms with Gasteiger partial charge in [-0.15, -0.1) is 0 Å². The molecule has 3 rings (SSSR count). The zero-order valence-corrected chi connectivity index (χ0v) is 11.5. The fraction of sp³-hybridized carbons (Fsp3) is 0.571. The Morgan fingerprint density at radius 2 is 1.94 bits per heavy atom. The minimum atomic E-state index is 0.544. The first-order chi connectivity index (χ1) is 8.92. The van der Waals surface area contributed by atoms with Crippen LogP contribution in [0.3, 0.4) is 0 Å². The third-order valence-corrected chi connectivity index (χ3v) is 5.00. The van der Waals surface area contributed by atoms with E-state index in [4.69, 9.17) is 0 Å². The Kier molecular flexibility index (Phi) is 4.20. The molecule has 1 atom stereocenters. The van der Waals surface area contributed by atoms with Crippen molar-refractivity contribution in [2.75, 3.05) is 19.8 Å². The highest BCUT2D eigenvalue weighted by molar-refractivity contribution is 7.97. The zero-order chi connectivity index (χ0) is 12.2. The van der Waals surface area contributed by atoms with E-state index in [0.29, 0.717) is 5.37 Å². The first-order valence-electron chi connectivity index (χ1n) is 6.83. The summed E-state index contributed by atoms with van der Waals surface area (Å²) in [7, 11) is 0. The molecular formula is C14H21N3S. The number of hydrogen-bond donors (Lipinski definition) is 2. The lowest BCUT2D eigenvalue weighted by molar-refractivity contribution is 0.284. The maximum Gasteiger partial charge on any atom is 0.0732 e. The van der Waals surface area contributed by atoms with Crippen molar-refractivity contribution >= 4 is 11.9 Å². The first-order valence-corrected chi connectivity index (χ1v) is 7.67. The highest BCUT2D eigenvalue weighted by Gasteiger charge is 2.29. The molecule has 1 unspecified atom stereocenters. The van der Waals surface area contributed by atoms with Crippen molar-refractivity contribution in [3.8, 4) is 0 Å². The summed E-state index contributed by atoms with van der Waals surface area (Å²) in [6, 6.07) is 11.5. The largest absolute Gasteiger partial charge is 0.317 e. The quantitative estimate of drug-likeness (QED) is 0.814. The van der Waals surface area contributed by atoms with E-state index in [2.05, 4.69) is 45.3 Å². The van der Waals surface area contributed by atoms with Crippen molar-refractivity contribution in [2.45, 2.75) is 30.7 Å². The minimum absolute atomic E-state index is 0.544. The van der Waals surface area contributed by atoms with Gasteiger partial charge in [-0.3, -0.25) is 5.32 Å². The molecule has 0 bridgehead atoms. The summed E-state index contributed by atoms with van der Waals surface area (Å²) < 4.78 is 2.55. The average Bonchev–Trinajstić information content (AvgIpc) is 2.89. The van der Waals surface area contributed by atoms with Crippen molar-refractivity contribution in [3.05, 3.63) is 35.9 Å². The molecule has 2 aliphatic rings. The van der Waals surface area contributed by atoms with Crippen LogP contribution in [0.1, 0.15) is 18.4 Å². The van der Waals surface area contributed by atoms with Gasteiger partial charge >= 0.3 is 0 Å². The van der Waals surface area contributed by atoms with E-state index in [-0.39, 0.29) is 0 Å². The average molecular weight is 263 g/mol. The maximum atomic E-state index is 3.62. The summed E-state index contributed by atoms with van der Waals surface area (Å²) >= 11 is 2.01. The highest BCUT2D eigenvalue weighted by Crippen LogP contribution is 2.29. The van der Waals surface area contributed by atoms with Crippen LogP contribution in [-0.4, -0.2) is 35.5 Å². The van der Waals surface area contributed by atoms with E-state index in [1.165, 1.54) is 31.5 Å². The molecule has 0 saturated carbocycles. The van der Waals surface area contributed by atoms with Gasteiger partial charge in [-0.1, -0.05) is 42.3 Å². The van der Waals surface area contributed by atoms with Crippen molar-refractivity contribution in [2.24, 2.45) is 0 Å². The molecule has 0 spiro atoms. The monoisotopic (exact) mass is 263 g/mol. The second-order valence-electron chi connectivity index (χ2n) is 5.04. The molecule has 2 N–H and O–H groups in total. The predicted molar refractivity (Wildman–Crippen MR) is 77.3 cm³/mol. The standard InChI is InChI=1S/C14H21N3S/c1-2-4-12(5-3-1)10-14-16-11-17(18-14)13-6-8-15-9-7-13/h1-5,13-16H,6-11H2. The lowest BCUT2D eigenvalue weighted by Gasteiger charge is -2.29. The van der Waals surface area contributed by atoms with E-state index in [9.17, 15) is 0 Å². The van der Waals surface area contributed by atoms with E-state index < -0.39 is 0 Å². The molecule has 0 aromatic heterocycles. The molecule has 1 aromatic carbocycles. The fourth-order valence-corrected chi connectivity index (χ4v) is 3.95. The van der Waals surface area contributed by atoms with Crippen LogP contribution in [0, 0.1) is 0 Å². The second-order valence-corrected chi connectivity index (χ2v) is 6.29. The summed E-state index contributed by atoms with van der Waals surface area (Å²) in [6.07, 6.45) is 3.69. The van der Waals surface area contributed by atoms with E-state index >= 15 is 0 Å². The normalized spacial score (nSPS) is 26.6. The SMILES string of the molecule is c1ccc(CC2NCN(C3CCNCC3)S2)cc1. The third-order valence-electron chi connectivity index (χ3n) is 3.72. The van der Waals surface area contributed by atoms with Gasteiger partial charge in [0.25, 0.3) is 0 Å². The summed E-state index contributed by atoms with van der Waals surface area (Å²) in [6.45, 7) is 3.38. The number of piperidine rings is 1. The minimum Gasteiger partial charge on any atom is -0.317 e. The Morgan fingerprint density at radius 1 is 1.17 bits per heavy atom. The van der Waals surface area contributed by atoms with Gasteiger partial charge in [0, 0.05) is 6.04 Å². The zero-order valence-electron chi connectivity index (χ0n) is 10.6. The highest BCUT2D eigenvalue weighted by atomic mass is 32.2. The molecule has 3 nitrogen and oxygen atoms in total. The number of nitrogens with zero attached hydrogens (tertiary/aromatic N) is 1. The van der Waals surface area contributed by atoms with Gasteiger partial charge in [-0.2, -0.15) is 0 Å².